The summed E-state index contributed by atoms with van der Waals surface area (Å²) in [6.45, 7) is 1.78. The standard InChI is InChI=1S/C15H11N3O3/c1-8-16-6-9(7-17-8)11-4-3-10-14(18-11)12(19)5-13(21-2)15(10)20/h3-7H,1-2H3. The highest BCUT2D eigenvalue weighted by molar-refractivity contribution is 6.23. The van der Waals surface area contributed by atoms with Crippen LogP contribution in [0.25, 0.3) is 11.3 Å². The van der Waals surface area contributed by atoms with Gasteiger partial charge in [0, 0.05) is 24.0 Å². The molecule has 6 nitrogen and oxygen atoms in total. The van der Waals surface area contributed by atoms with Crippen molar-refractivity contribution in [3.8, 4) is 11.3 Å². The molecule has 0 aliphatic heterocycles. The van der Waals surface area contributed by atoms with Gasteiger partial charge < -0.3 is 4.74 Å². The van der Waals surface area contributed by atoms with Crippen LogP contribution >= 0.6 is 0 Å². The van der Waals surface area contributed by atoms with Crippen molar-refractivity contribution < 1.29 is 14.3 Å². The number of aryl methyl sites for hydroxylation is 1. The van der Waals surface area contributed by atoms with E-state index in [0.29, 0.717) is 17.1 Å². The topological polar surface area (TPSA) is 82.0 Å². The van der Waals surface area contributed by atoms with E-state index in [4.69, 9.17) is 4.74 Å². The Morgan fingerprint density at radius 2 is 1.81 bits per heavy atom. The number of fused-ring (bicyclic) bond motifs is 1. The van der Waals surface area contributed by atoms with Crippen LogP contribution in [0, 0.1) is 6.92 Å². The number of ketones is 2. The first kappa shape index (κ1) is 13.1. The number of Topliss-reactive ketones (excluding diaryl/α,β-unsaturated/α-hetero) is 1. The molecule has 3 rings (SSSR count). The zero-order valence-electron chi connectivity index (χ0n) is 11.5. The molecule has 1 aliphatic rings. The molecule has 0 unspecified atom stereocenters. The van der Waals surface area contributed by atoms with E-state index in [9.17, 15) is 9.59 Å². The first-order valence-corrected chi connectivity index (χ1v) is 6.25. The molecule has 2 aromatic heterocycles. The molecule has 2 aromatic rings. The third kappa shape index (κ3) is 2.20. The number of hydrogen-bond acceptors (Lipinski definition) is 6. The maximum atomic E-state index is 12.1. The third-order valence-corrected chi connectivity index (χ3v) is 3.16. The molecule has 0 radical (unpaired) electrons. The van der Waals surface area contributed by atoms with Gasteiger partial charge in [-0.05, 0) is 19.1 Å². The van der Waals surface area contributed by atoms with E-state index in [-0.39, 0.29) is 28.6 Å². The zero-order chi connectivity index (χ0) is 15.0. The fraction of sp³-hybridized carbons (Fsp3) is 0.133. The van der Waals surface area contributed by atoms with E-state index in [2.05, 4.69) is 15.0 Å². The lowest BCUT2D eigenvalue weighted by Gasteiger charge is -2.14. The van der Waals surface area contributed by atoms with Gasteiger partial charge in [-0.3, -0.25) is 9.59 Å². The van der Waals surface area contributed by atoms with Crippen molar-refractivity contribution in [1.29, 1.82) is 0 Å². The maximum absolute atomic E-state index is 12.1. The number of carbonyl (C=O) groups is 2. The van der Waals surface area contributed by atoms with Gasteiger partial charge in [0.15, 0.2) is 5.76 Å². The monoisotopic (exact) mass is 281 g/mol. The van der Waals surface area contributed by atoms with Gasteiger partial charge in [-0.15, -0.1) is 0 Å². The zero-order valence-corrected chi connectivity index (χ0v) is 11.5. The first-order chi connectivity index (χ1) is 10.1. The summed E-state index contributed by atoms with van der Waals surface area (Å²) in [5.41, 5.74) is 1.60. The van der Waals surface area contributed by atoms with E-state index in [0.717, 1.165) is 6.08 Å². The molecule has 0 bridgehead atoms. The Labute approximate surface area is 120 Å². The predicted molar refractivity (Wildman–Crippen MR) is 73.8 cm³/mol. The van der Waals surface area contributed by atoms with E-state index >= 15 is 0 Å². The lowest BCUT2D eigenvalue weighted by Crippen LogP contribution is -2.19. The van der Waals surface area contributed by atoms with Crippen LogP contribution < -0.4 is 0 Å². The molecule has 104 valence electrons. The van der Waals surface area contributed by atoms with E-state index in [1.165, 1.54) is 7.11 Å². The van der Waals surface area contributed by atoms with E-state index < -0.39 is 0 Å². The number of methoxy groups -OCH3 is 1. The van der Waals surface area contributed by atoms with Crippen LogP contribution in [-0.4, -0.2) is 33.6 Å². The Kier molecular flexibility index (Phi) is 3.06. The van der Waals surface area contributed by atoms with Crippen LogP contribution in [0.2, 0.25) is 0 Å². The second kappa shape index (κ2) is 4.90. The summed E-state index contributed by atoms with van der Waals surface area (Å²) in [6.07, 6.45) is 4.41. The molecule has 1 aliphatic carbocycles. The van der Waals surface area contributed by atoms with Crippen LogP contribution in [0.5, 0.6) is 0 Å². The third-order valence-electron chi connectivity index (χ3n) is 3.16. The molecule has 0 aromatic carbocycles. The smallest absolute Gasteiger partial charge is 0.229 e. The van der Waals surface area contributed by atoms with Crippen LogP contribution in [-0.2, 0) is 4.74 Å². The fourth-order valence-electron chi connectivity index (χ4n) is 2.05. The molecule has 0 atom stereocenters. The molecule has 2 heterocycles. The van der Waals surface area contributed by atoms with Gasteiger partial charge in [0.1, 0.15) is 11.5 Å². The minimum Gasteiger partial charge on any atom is -0.492 e. The number of carbonyl (C=O) groups excluding carboxylic acids is 2. The van der Waals surface area contributed by atoms with Crippen molar-refractivity contribution in [1.82, 2.24) is 15.0 Å². The van der Waals surface area contributed by atoms with Crippen molar-refractivity contribution in [2.75, 3.05) is 7.11 Å². The summed E-state index contributed by atoms with van der Waals surface area (Å²) in [7, 11) is 1.35. The number of pyridine rings is 1. The summed E-state index contributed by atoms with van der Waals surface area (Å²) in [5.74, 6) is -0.0148. The normalized spacial score (nSPS) is 13.7. The predicted octanol–water partition coefficient (Wildman–Crippen LogP) is 1.76. The number of ether oxygens (including phenoxy) is 1. The molecular formula is C15H11N3O3. The molecule has 0 saturated heterocycles. The lowest BCUT2D eigenvalue weighted by atomic mass is 9.97. The van der Waals surface area contributed by atoms with E-state index in [1.54, 1.807) is 31.5 Å². The molecule has 0 amide bonds. The fourth-order valence-corrected chi connectivity index (χ4v) is 2.05. The summed E-state index contributed by atoms with van der Waals surface area (Å²) < 4.78 is 4.90. The molecule has 0 saturated carbocycles. The van der Waals surface area contributed by atoms with E-state index in [1.807, 2.05) is 0 Å². The van der Waals surface area contributed by atoms with Gasteiger partial charge in [0.2, 0.25) is 11.6 Å². The summed E-state index contributed by atoms with van der Waals surface area (Å²) >= 11 is 0. The molecule has 0 N–H and O–H groups in total. The van der Waals surface area contributed by atoms with Gasteiger partial charge in [0.05, 0.1) is 18.4 Å². The van der Waals surface area contributed by atoms with Gasteiger partial charge >= 0.3 is 0 Å². The Morgan fingerprint density at radius 3 is 2.48 bits per heavy atom. The van der Waals surface area contributed by atoms with Crippen LogP contribution in [0.1, 0.15) is 26.7 Å². The van der Waals surface area contributed by atoms with Crippen molar-refractivity contribution >= 4 is 11.6 Å². The molecule has 21 heavy (non-hydrogen) atoms. The highest BCUT2D eigenvalue weighted by Crippen LogP contribution is 2.24. The van der Waals surface area contributed by atoms with Gasteiger partial charge in [-0.2, -0.15) is 0 Å². The van der Waals surface area contributed by atoms with Gasteiger partial charge in [-0.25, -0.2) is 15.0 Å². The molecule has 6 heteroatoms. The minimum atomic E-state index is -0.351. The van der Waals surface area contributed by atoms with Gasteiger partial charge in [-0.1, -0.05) is 0 Å². The Hall–Kier alpha value is -2.89. The van der Waals surface area contributed by atoms with Crippen molar-refractivity contribution in [3.63, 3.8) is 0 Å². The quantitative estimate of drug-likeness (QED) is 0.834. The number of rotatable bonds is 2. The van der Waals surface area contributed by atoms with Gasteiger partial charge in [0.25, 0.3) is 0 Å². The highest BCUT2D eigenvalue weighted by Gasteiger charge is 2.28. The van der Waals surface area contributed by atoms with Crippen molar-refractivity contribution in [2.24, 2.45) is 0 Å². The molecule has 0 spiro atoms. The Bertz CT molecular complexity index is 779. The second-order valence-electron chi connectivity index (χ2n) is 4.52. The number of aromatic nitrogens is 3. The minimum absolute atomic E-state index is 0.0284. The summed E-state index contributed by atoms with van der Waals surface area (Å²) in [5, 5.41) is 0. The summed E-state index contributed by atoms with van der Waals surface area (Å²) in [6, 6.07) is 3.24. The van der Waals surface area contributed by atoms with Crippen molar-refractivity contribution in [2.45, 2.75) is 6.92 Å². The number of hydrogen-bond donors (Lipinski definition) is 0. The number of nitrogens with zero attached hydrogens (tertiary/aromatic N) is 3. The first-order valence-electron chi connectivity index (χ1n) is 6.25. The van der Waals surface area contributed by atoms with Crippen molar-refractivity contribution in [3.05, 3.63) is 53.4 Å². The number of allylic oxidation sites excluding steroid dienone is 2. The largest absolute Gasteiger partial charge is 0.492 e. The van der Waals surface area contributed by atoms with Crippen LogP contribution in [0.4, 0.5) is 0 Å². The second-order valence-corrected chi connectivity index (χ2v) is 4.52. The highest BCUT2D eigenvalue weighted by atomic mass is 16.5. The lowest BCUT2D eigenvalue weighted by molar-refractivity contribution is 0.0914. The summed E-state index contributed by atoms with van der Waals surface area (Å²) in [4.78, 5) is 36.6. The average molecular weight is 281 g/mol. The Morgan fingerprint density at radius 1 is 1.10 bits per heavy atom. The average Bonchev–Trinajstić information content (AvgIpc) is 2.51. The molecular weight excluding hydrogens is 270 g/mol. The van der Waals surface area contributed by atoms with Crippen LogP contribution in [0.15, 0.2) is 36.4 Å². The SMILES string of the molecule is COC1=CC(=O)c2nc(-c3cnc(C)nc3)ccc2C1=O. The van der Waals surface area contributed by atoms with Crippen LogP contribution in [0.3, 0.4) is 0 Å². The maximum Gasteiger partial charge on any atom is 0.229 e. The molecule has 0 fully saturated rings. The Balaban J connectivity index is 2.09.